The second-order valence-electron chi connectivity index (χ2n) is 6.53. The van der Waals surface area contributed by atoms with E-state index >= 15 is 0 Å². The highest BCUT2D eigenvalue weighted by Gasteiger charge is 2.29. The van der Waals surface area contributed by atoms with E-state index in [2.05, 4.69) is 18.7 Å². The summed E-state index contributed by atoms with van der Waals surface area (Å²) in [6, 6.07) is 0.508. The van der Waals surface area contributed by atoms with Gasteiger partial charge in [0.05, 0.1) is 19.3 Å². The van der Waals surface area contributed by atoms with Crippen LogP contribution in [0.25, 0.3) is 0 Å². The first kappa shape index (κ1) is 16.4. The average molecular weight is 272 g/mol. The lowest BCUT2D eigenvalue weighted by molar-refractivity contribution is -0.141. The molecule has 5 heteroatoms. The molecule has 1 aliphatic rings. The molecule has 1 heterocycles. The summed E-state index contributed by atoms with van der Waals surface area (Å²) < 4.78 is 5.79. The number of carboxylic acids is 1. The van der Waals surface area contributed by atoms with E-state index < -0.39 is 5.97 Å². The van der Waals surface area contributed by atoms with Crippen molar-refractivity contribution in [3.63, 3.8) is 0 Å². The van der Waals surface area contributed by atoms with Crippen molar-refractivity contribution >= 4 is 5.97 Å². The van der Waals surface area contributed by atoms with Gasteiger partial charge in [-0.1, -0.05) is 0 Å². The zero-order chi connectivity index (χ0) is 14.6. The standard InChI is InChI=1S/C14H28N2O3/c1-11(2)15-6-7-19-12(8-15)9-16(10-13(17)18)14(3,4)5/h11-12H,6-10H2,1-5H3,(H,17,18). The Balaban J connectivity index is 2.60. The van der Waals surface area contributed by atoms with Crippen LogP contribution in [0.5, 0.6) is 0 Å². The van der Waals surface area contributed by atoms with Gasteiger partial charge in [-0.25, -0.2) is 0 Å². The van der Waals surface area contributed by atoms with Crippen LogP contribution in [-0.2, 0) is 9.53 Å². The number of carbonyl (C=O) groups is 1. The molecule has 0 aliphatic carbocycles. The summed E-state index contributed by atoms with van der Waals surface area (Å²) in [5, 5.41) is 9.02. The Morgan fingerprint density at radius 3 is 2.58 bits per heavy atom. The zero-order valence-corrected chi connectivity index (χ0v) is 12.8. The molecule has 0 bridgehead atoms. The molecule has 1 unspecified atom stereocenters. The van der Waals surface area contributed by atoms with Gasteiger partial charge in [0, 0.05) is 31.2 Å². The minimum Gasteiger partial charge on any atom is -0.480 e. The molecule has 1 atom stereocenters. The largest absolute Gasteiger partial charge is 0.480 e. The monoisotopic (exact) mass is 272 g/mol. The van der Waals surface area contributed by atoms with Crippen LogP contribution in [0, 0.1) is 0 Å². The Hall–Kier alpha value is -0.650. The summed E-state index contributed by atoms with van der Waals surface area (Å²) in [6.07, 6.45) is 0.0923. The second-order valence-corrected chi connectivity index (χ2v) is 6.53. The van der Waals surface area contributed by atoms with Crippen LogP contribution in [0.2, 0.25) is 0 Å². The van der Waals surface area contributed by atoms with E-state index in [9.17, 15) is 4.79 Å². The summed E-state index contributed by atoms with van der Waals surface area (Å²) in [4.78, 5) is 15.3. The molecular weight excluding hydrogens is 244 g/mol. The highest BCUT2D eigenvalue weighted by Crippen LogP contribution is 2.17. The highest BCUT2D eigenvalue weighted by atomic mass is 16.5. The van der Waals surface area contributed by atoms with E-state index in [0.29, 0.717) is 12.6 Å². The molecule has 1 aliphatic heterocycles. The lowest BCUT2D eigenvalue weighted by atomic mass is 10.0. The summed E-state index contributed by atoms with van der Waals surface area (Å²) >= 11 is 0. The molecule has 1 rings (SSSR count). The molecule has 0 aromatic rings. The van der Waals surface area contributed by atoms with Crippen molar-refractivity contribution in [1.82, 2.24) is 9.80 Å². The van der Waals surface area contributed by atoms with Gasteiger partial charge in [0.15, 0.2) is 0 Å². The molecule has 19 heavy (non-hydrogen) atoms. The molecule has 112 valence electrons. The SMILES string of the molecule is CC(C)N1CCOC(CN(CC(=O)O)C(C)(C)C)C1. The number of aliphatic carboxylic acids is 1. The number of rotatable bonds is 5. The maximum atomic E-state index is 11.0. The van der Waals surface area contributed by atoms with Crippen LogP contribution < -0.4 is 0 Å². The molecule has 0 saturated carbocycles. The fraction of sp³-hybridized carbons (Fsp3) is 0.929. The van der Waals surface area contributed by atoms with Crippen LogP contribution in [0.1, 0.15) is 34.6 Å². The predicted octanol–water partition coefficient (Wildman–Crippen LogP) is 1.28. The third kappa shape index (κ3) is 5.47. The van der Waals surface area contributed by atoms with Gasteiger partial charge in [-0.15, -0.1) is 0 Å². The normalized spacial score (nSPS) is 22.2. The Bertz CT molecular complexity index is 300. The zero-order valence-electron chi connectivity index (χ0n) is 12.8. The van der Waals surface area contributed by atoms with Crippen molar-refractivity contribution in [1.29, 1.82) is 0 Å². The molecule has 1 N–H and O–H groups in total. The van der Waals surface area contributed by atoms with E-state index in [1.54, 1.807) is 0 Å². The van der Waals surface area contributed by atoms with Gasteiger partial charge in [-0.2, -0.15) is 0 Å². The van der Waals surface area contributed by atoms with Gasteiger partial charge < -0.3 is 9.84 Å². The number of hydrogen-bond acceptors (Lipinski definition) is 4. The smallest absolute Gasteiger partial charge is 0.317 e. The minimum absolute atomic E-state index is 0.0606. The number of nitrogens with zero attached hydrogens (tertiary/aromatic N) is 2. The molecule has 1 saturated heterocycles. The lowest BCUT2D eigenvalue weighted by Crippen LogP contribution is -2.54. The molecule has 0 aromatic carbocycles. The van der Waals surface area contributed by atoms with E-state index in [1.165, 1.54) is 0 Å². The molecule has 1 fully saturated rings. The highest BCUT2D eigenvalue weighted by molar-refractivity contribution is 5.69. The van der Waals surface area contributed by atoms with Gasteiger partial charge >= 0.3 is 5.97 Å². The fourth-order valence-electron chi connectivity index (χ4n) is 2.31. The van der Waals surface area contributed by atoms with Crippen LogP contribution in [-0.4, -0.2) is 71.3 Å². The molecule has 5 nitrogen and oxygen atoms in total. The average Bonchev–Trinajstić information content (AvgIpc) is 2.26. The quantitative estimate of drug-likeness (QED) is 0.817. The molecule has 0 spiro atoms. The first-order chi connectivity index (χ1) is 8.70. The third-order valence-corrected chi connectivity index (χ3v) is 3.60. The maximum Gasteiger partial charge on any atom is 0.317 e. The summed E-state index contributed by atoms with van der Waals surface area (Å²) in [7, 11) is 0. The van der Waals surface area contributed by atoms with Crippen molar-refractivity contribution in [3.8, 4) is 0 Å². The predicted molar refractivity (Wildman–Crippen MR) is 75.4 cm³/mol. The molecule has 0 amide bonds. The van der Waals surface area contributed by atoms with Gasteiger partial charge in [0.2, 0.25) is 0 Å². The first-order valence-corrected chi connectivity index (χ1v) is 7.02. The summed E-state index contributed by atoms with van der Waals surface area (Å²) in [5.41, 5.74) is -0.165. The minimum atomic E-state index is -0.786. The summed E-state index contributed by atoms with van der Waals surface area (Å²) in [6.45, 7) is 13.8. The molecule has 0 aromatic heterocycles. The Morgan fingerprint density at radius 1 is 1.47 bits per heavy atom. The van der Waals surface area contributed by atoms with E-state index in [-0.39, 0.29) is 18.2 Å². The van der Waals surface area contributed by atoms with Crippen LogP contribution >= 0.6 is 0 Å². The lowest BCUT2D eigenvalue weighted by Gasteiger charge is -2.41. The number of morpholine rings is 1. The van der Waals surface area contributed by atoms with Gasteiger partial charge in [0.25, 0.3) is 0 Å². The van der Waals surface area contributed by atoms with Gasteiger partial charge in [-0.3, -0.25) is 14.6 Å². The van der Waals surface area contributed by atoms with Crippen molar-refractivity contribution < 1.29 is 14.6 Å². The third-order valence-electron chi connectivity index (χ3n) is 3.60. The van der Waals surface area contributed by atoms with E-state index in [4.69, 9.17) is 9.84 Å². The number of ether oxygens (including phenoxy) is 1. The van der Waals surface area contributed by atoms with E-state index in [1.807, 2.05) is 25.7 Å². The van der Waals surface area contributed by atoms with E-state index in [0.717, 1.165) is 19.7 Å². The van der Waals surface area contributed by atoms with Crippen LogP contribution in [0.4, 0.5) is 0 Å². The van der Waals surface area contributed by atoms with Gasteiger partial charge in [-0.05, 0) is 34.6 Å². The molecular formula is C14H28N2O3. The van der Waals surface area contributed by atoms with Crippen LogP contribution in [0.3, 0.4) is 0 Å². The first-order valence-electron chi connectivity index (χ1n) is 7.02. The van der Waals surface area contributed by atoms with Gasteiger partial charge in [0.1, 0.15) is 0 Å². The Kier molecular flexibility index (Phi) is 5.77. The second kappa shape index (κ2) is 6.68. The Morgan fingerprint density at radius 2 is 2.11 bits per heavy atom. The van der Waals surface area contributed by atoms with Crippen molar-refractivity contribution in [2.75, 3.05) is 32.8 Å². The number of carboxylic acid groups (broad SMARTS) is 1. The molecule has 0 radical (unpaired) electrons. The van der Waals surface area contributed by atoms with Crippen molar-refractivity contribution in [3.05, 3.63) is 0 Å². The fourth-order valence-corrected chi connectivity index (χ4v) is 2.31. The van der Waals surface area contributed by atoms with Crippen molar-refractivity contribution in [2.24, 2.45) is 0 Å². The van der Waals surface area contributed by atoms with Crippen molar-refractivity contribution in [2.45, 2.75) is 52.3 Å². The topological polar surface area (TPSA) is 53.0 Å². The number of hydrogen-bond donors (Lipinski definition) is 1. The Labute approximate surface area is 116 Å². The maximum absolute atomic E-state index is 11.0. The summed E-state index contributed by atoms with van der Waals surface area (Å²) in [5.74, 6) is -0.786. The van der Waals surface area contributed by atoms with Crippen LogP contribution in [0.15, 0.2) is 0 Å².